The number of hydrogen-bond acceptors (Lipinski definition) is 5. The van der Waals surface area contributed by atoms with Gasteiger partial charge in [0.2, 0.25) is 5.95 Å². The van der Waals surface area contributed by atoms with Crippen molar-refractivity contribution in [3.05, 3.63) is 48.5 Å². The first-order chi connectivity index (χ1) is 12.3. The van der Waals surface area contributed by atoms with Crippen molar-refractivity contribution in [1.82, 2.24) is 9.97 Å². The molecule has 5 heteroatoms. The number of rotatable bonds is 5. The summed E-state index contributed by atoms with van der Waals surface area (Å²) in [5.41, 5.74) is 1.92. The molecule has 0 radical (unpaired) electrons. The van der Waals surface area contributed by atoms with Crippen LogP contribution in [0.25, 0.3) is 10.9 Å². The Labute approximate surface area is 147 Å². The second-order valence-electron chi connectivity index (χ2n) is 6.16. The zero-order valence-corrected chi connectivity index (χ0v) is 14.4. The molecule has 5 nitrogen and oxygen atoms in total. The second kappa shape index (κ2) is 6.97. The highest BCUT2D eigenvalue weighted by Gasteiger charge is 2.18. The van der Waals surface area contributed by atoms with E-state index in [1.165, 1.54) is 12.8 Å². The lowest BCUT2D eigenvalue weighted by atomic mass is 10.2. The van der Waals surface area contributed by atoms with Gasteiger partial charge in [-0.25, -0.2) is 4.98 Å². The minimum Gasteiger partial charge on any atom is -0.494 e. The molecule has 25 heavy (non-hydrogen) atoms. The molecule has 2 heterocycles. The summed E-state index contributed by atoms with van der Waals surface area (Å²) >= 11 is 0. The molecule has 0 atom stereocenters. The van der Waals surface area contributed by atoms with Crippen LogP contribution in [0.4, 0.5) is 17.5 Å². The Morgan fingerprint density at radius 2 is 1.76 bits per heavy atom. The first kappa shape index (κ1) is 15.7. The Morgan fingerprint density at radius 1 is 1.00 bits per heavy atom. The number of fused-ring (bicyclic) bond motifs is 1. The third-order valence-electron chi connectivity index (χ3n) is 4.41. The smallest absolute Gasteiger partial charge is 0.229 e. The van der Waals surface area contributed by atoms with E-state index < -0.39 is 0 Å². The molecule has 0 aliphatic carbocycles. The summed E-state index contributed by atoms with van der Waals surface area (Å²) in [6.07, 6.45) is 2.44. The fourth-order valence-electron chi connectivity index (χ4n) is 3.22. The van der Waals surface area contributed by atoms with Gasteiger partial charge < -0.3 is 15.0 Å². The fourth-order valence-corrected chi connectivity index (χ4v) is 3.22. The highest BCUT2D eigenvalue weighted by atomic mass is 16.5. The lowest BCUT2D eigenvalue weighted by Gasteiger charge is -2.19. The van der Waals surface area contributed by atoms with E-state index in [2.05, 4.69) is 21.3 Å². The SMILES string of the molecule is CCOc1ccc(Nc2nc(N3CCCC3)c3ccccc3n2)cc1. The quantitative estimate of drug-likeness (QED) is 0.751. The number of nitrogens with zero attached hydrogens (tertiary/aromatic N) is 3. The second-order valence-corrected chi connectivity index (χ2v) is 6.16. The van der Waals surface area contributed by atoms with Gasteiger partial charge >= 0.3 is 0 Å². The number of ether oxygens (including phenoxy) is 1. The van der Waals surface area contributed by atoms with Crippen molar-refractivity contribution in [2.45, 2.75) is 19.8 Å². The molecule has 3 aromatic rings. The lowest BCUT2D eigenvalue weighted by Crippen LogP contribution is -2.20. The van der Waals surface area contributed by atoms with Crippen LogP contribution in [0.3, 0.4) is 0 Å². The molecular weight excluding hydrogens is 312 g/mol. The number of anilines is 3. The van der Waals surface area contributed by atoms with E-state index in [-0.39, 0.29) is 0 Å². The molecule has 1 fully saturated rings. The fraction of sp³-hybridized carbons (Fsp3) is 0.300. The van der Waals surface area contributed by atoms with E-state index in [1.807, 2.05) is 49.4 Å². The number of nitrogens with one attached hydrogen (secondary N) is 1. The van der Waals surface area contributed by atoms with Gasteiger partial charge in [-0.05, 0) is 56.2 Å². The number of benzene rings is 2. The van der Waals surface area contributed by atoms with Crippen LogP contribution in [-0.2, 0) is 0 Å². The lowest BCUT2D eigenvalue weighted by molar-refractivity contribution is 0.340. The third kappa shape index (κ3) is 3.36. The molecule has 1 saturated heterocycles. The molecule has 2 aromatic carbocycles. The number of hydrogen-bond donors (Lipinski definition) is 1. The Kier molecular flexibility index (Phi) is 4.37. The summed E-state index contributed by atoms with van der Waals surface area (Å²) in [5, 5.41) is 4.44. The monoisotopic (exact) mass is 334 g/mol. The van der Waals surface area contributed by atoms with Gasteiger partial charge in [0.25, 0.3) is 0 Å². The van der Waals surface area contributed by atoms with Crippen LogP contribution in [0.5, 0.6) is 5.75 Å². The molecule has 0 amide bonds. The molecule has 1 aliphatic heterocycles. The molecule has 1 aromatic heterocycles. The van der Waals surface area contributed by atoms with Gasteiger partial charge in [0.15, 0.2) is 0 Å². The Hall–Kier alpha value is -2.82. The van der Waals surface area contributed by atoms with Crippen LogP contribution in [-0.4, -0.2) is 29.7 Å². The van der Waals surface area contributed by atoms with Crippen molar-refractivity contribution in [3.63, 3.8) is 0 Å². The first-order valence-corrected chi connectivity index (χ1v) is 8.85. The number of para-hydroxylation sites is 1. The average Bonchev–Trinajstić information content (AvgIpc) is 3.17. The molecule has 128 valence electrons. The van der Waals surface area contributed by atoms with Crippen LogP contribution in [0, 0.1) is 0 Å². The normalized spacial score (nSPS) is 14.0. The van der Waals surface area contributed by atoms with E-state index in [1.54, 1.807) is 0 Å². The molecular formula is C20H22N4O. The summed E-state index contributed by atoms with van der Waals surface area (Å²) in [5.74, 6) is 2.52. The van der Waals surface area contributed by atoms with E-state index in [0.29, 0.717) is 12.6 Å². The molecule has 1 N–H and O–H groups in total. The van der Waals surface area contributed by atoms with E-state index in [9.17, 15) is 0 Å². The van der Waals surface area contributed by atoms with Gasteiger partial charge in [-0.3, -0.25) is 0 Å². The summed E-state index contributed by atoms with van der Waals surface area (Å²) in [7, 11) is 0. The van der Waals surface area contributed by atoms with E-state index in [4.69, 9.17) is 9.72 Å². The minimum absolute atomic E-state index is 0.629. The predicted molar refractivity (Wildman–Crippen MR) is 102 cm³/mol. The van der Waals surface area contributed by atoms with Crippen LogP contribution in [0.1, 0.15) is 19.8 Å². The number of aromatic nitrogens is 2. The largest absolute Gasteiger partial charge is 0.494 e. The first-order valence-electron chi connectivity index (χ1n) is 8.85. The van der Waals surface area contributed by atoms with Crippen molar-refractivity contribution in [3.8, 4) is 5.75 Å². The highest BCUT2D eigenvalue weighted by Crippen LogP contribution is 2.29. The van der Waals surface area contributed by atoms with Gasteiger partial charge in [-0.2, -0.15) is 4.98 Å². The van der Waals surface area contributed by atoms with Crippen molar-refractivity contribution in [2.24, 2.45) is 0 Å². The average molecular weight is 334 g/mol. The van der Waals surface area contributed by atoms with Crippen LogP contribution in [0.2, 0.25) is 0 Å². The predicted octanol–water partition coefficient (Wildman–Crippen LogP) is 4.37. The highest BCUT2D eigenvalue weighted by molar-refractivity contribution is 5.90. The molecule has 4 rings (SSSR count). The van der Waals surface area contributed by atoms with Crippen LogP contribution >= 0.6 is 0 Å². The summed E-state index contributed by atoms with van der Waals surface area (Å²) < 4.78 is 5.49. The maximum Gasteiger partial charge on any atom is 0.229 e. The van der Waals surface area contributed by atoms with E-state index in [0.717, 1.165) is 41.2 Å². The standard InChI is InChI=1S/C20H22N4O/c1-2-25-16-11-9-15(10-12-16)21-20-22-18-8-4-3-7-17(18)19(23-20)24-13-5-6-14-24/h3-4,7-12H,2,5-6,13-14H2,1H3,(H,21,22,23). The molecule has 0 bridgehead atoms. The molecule has 1 aliphatic rings. The maximum atomic E-state index is 5.49. The van der Waals surface area contributed by atoms with Gasteiger partial charge in [0.05, 0.1) is 12.1 Å². The van der Waals surface area contributed by atoms with Crippen molar-refractivity contribution in [1.29, 1.82) is 0 Å². The minimum atomic E-state index is 0.629. The topological polar surface area (TPSA) is 50.3 Å². The third-order valence-corrected chi connectivity index (χ3v) is 4.41. The van der Waals surface area contributed by atoms with Crippen LogP contribution < -0.4 is 15.0 Å². The maximum absolute atomic E-state index is 5.49. The van der Waals surface area contributed by atoms with Crippen molar-refractivity contribution >= 4 is 28.4 Å². The summed E-state index contributed by atoms with van der Waals surface area (Å²) in [4.78, 5) is 11.8. The summed E-state index contributed by atoms with van der Waals surface area (Å²) in [6, 6.07) is 16.1. The Bertz CT molecular complexity index is 857. The van der Waals surface area contributed by atoms with Crippen LogP contribution in [0.15, 0.2) is 48.5 Å². The van der Waals surface area contributed by atoms with Gasteiger partial charge in [0, 0.05) is 24.2 Å². The molecule has 0 unspecified atom stereocenters. The van der Waals surface area contributed by atoms with Gasteiger partial charge in [-0.1, -0.05) is 12.1 Å². The summed E-state index contributed by atoms with van der Waals surface area (Å²) in [6.45, 7) is 4.77. The van der Waals surface area contributed by atoms with Crippen molar-refractivity contribution in [2.75, 3.05) is 29.9 Å². The zero-order chi connectivity index (χ0) is 17.1. The van der Waals surface area contributed by atoms with E-state index >= 15 is 0 Å². The van der Waals surface area contributed by atoms with Crippen molar-refractivity contribution < 1.29 is 4.74 Å². The molecule has 0 saturated carbocycles. The van der Waals surface area contributed by atoms with Gasteiger partial charge in [0.1, 0.15) is 11.6 Å². The van der Waals surface area contributed by atoms with Gasteiger partial charge in [-0.15, -0.1) is 0 Å². The zero-order valence-electron chi connectivity index (χ0n) is 14.4. The molecule has 0 spiro atoms. The Morgan fingerprint density at radius 3 is 2.52 bits per heavy atom. The Balaban J connectivity index is 1.67.